The molecule has 16 rings (SSSR count). The number of anilines is 6. The number of para-hydroxylation sites is 2. The molecule has 2 aromatic heterocycles. The van der Waals surface area contributed by atoms with Gasteiger partial charge in [0, 0.05) is 53.7 Å². The van der Waals surface area contributed by atoms with Crippen LogP contribution in [-0.2, 0) is 5.41 Å². The predicted octanol–water partition coefficient (Wildman–Crippen LogP) is 20.0. The summed E-state index contributed by atoms with van der Waals surface area (Å²) < 4.78 is 5.18. The highest BCUT2D eigenvalue weighted by Crippen LogP contribution is 2.65. The fraction of sp³-hybridized carbons (Fsp3) is 0.0145. The van der Waals surface area contributed by atoms with Crippen LogP contribution in [0.5, 0.6) is 0 Å². The van der Waals surface area contributed by atoms with Gasteiger partial charge in [-0.25, -0.2) is 0 Å². The second kappa shape index (κ2) is 15.6. The molecule has 73 heavy (non-hydrogen) atoms. The van der Waals surface area contributed by atoms with E-state index in [2.05, 4.69) is 265 Å². The van der Waals surface area contributed by atoms with Gasteiger partial charge >= 0.3 is 0 Å². The van der Waals surface area contributed by atoms with Crippen LogP contribution in [0, 0.1) is 0 Å². The molecular formula is C69H42N2S2. The SMILES string of the molecule is c1ccc(N(c2ccc3cc4c(cc3c2)C2(c3ccccc3-c3ccccc32)c2c-4ccc3cc(N(c4ccccc4)c4cccc5c4sc4ccccc45)ccc23)c2cccc3c2sc2ccccc23)cc1. The second-order valence-corrected chi connectivity index (χ2v) is 21.6. The van der Waals surface area contributed by atoms with E-state index in [0.717, 1.165) is 22.7 Å². The third-order valence-electron chi connectivity index (χ3n) is 15.8. The fourth-order valence-electron chi connectivity index (χ4n) is 12.8. The zero-order valence-electron chi connectivity index (χ0n) is 39.5. The number of rotatable bonds is 6. The van der Waals surface area contributed by atoms with Crippen molar-refractivity contribution < 1.29 is 0 Å². The summed E-state index contributed by atoms with van der Waals surface area (Å²) in [5.41, 5.74) is 16.9. The van der Waals surface area contributed by atoms with Crippen LogP contribution in [0.4, 0.5) is 34.1 Å². The van der Waals surface area contributed by atoms with Crippen LogP contribution in [0.25, 0.3) is 84.1 Å². The van der Waals surface area contributed by atoms with Crippen LogP contribution >= 0.6 is 22.7 Å². The molecule has 0 aliphatic heterocycles. The maximum absolute atomic E-state index is 2.54. The number of hydrogen-bond donors (Lipinski definition) is 0. The third kappa shape index (κ3) is 5.79. The minimum absolute atomic E-state index is 0.549. The Labute approximate surface area is 430 Å². The van der Waals surface area contributed by atoms with E-state index in [1.54, 1.807) is 0 Å². The number of nitrogens with zero attached hydrogens (tertiary/aromatic N) is 2. The molecule has 0 saturated carbocycles. The van der Waals surface area contributed by atoms with Crippen LogP contribution in [0.15, 0.2) is 255 Å². The fourth-order valence-corrected chi connectivity index (χ4v) is 15.2. The molecule has 0 bridgehead atoms. The molecule has 2 nitrogen and oxygen atoms in total. The highest BCUT2D eigenvalue weighted by atomic mass is 32.1. The number of hydrogen-bond acceptors (Lipinski definition) is 4. The third-order valence-corrected chi connectivity index (χ3v) is 18.2. The summed E-state index contributed by atoms with van der Waals surface area (Å²) in [6.07, 6.45) is 0. The van der Waals surface area contributed by atoms with Crippen molar-refractivity contribution in [2.75, 3.05) is 9.80 Å². The second-order valence-electron chi connectivity index (χ2n) is 19.5. The topological polar surface area (TPSA) is 6.48 Å². The van der Waals surface area contributed by atoms with Crippen LogP contribution in [-0.4, -0.2) is 0 Å². The van der Waals surface area contributed by atoms with E-state index in [-0.39, 0.29) is 0 Å². The van der Waals surface area contributed by atoms with Gasteiger partial charge in [0.15, 0.2) is 0 Å². The smallest absolute Gasteiger partial charge is 0.0731 e. The highest BCUT2D eigenvalue weighted by molar-refractivity contribution is 7.26. The van der Waals surface area contributed by atoms with E-state index in [1.165, 1.54) is 118 Å². The van der Waals surface area contributed by atoms with Crippen molar-refractivity contribution in [1.29, 1.82) is 0 Å². The van der Waals surface area contributed by atoms with E-state index in [4.69, 9.17) is 0 Å². The molecular weight excluding hydrogens is 921 g/mol. The van der Waals surface area contributed by atoms with Crippen LogP contribution < -0.4 is 9.80 Å². The summed E-state index contributed by atoms with van der Waals surface area (Å²) in [4.78, 5) is 4.92. The van der Waals surface area contributed by atoms with Gasteiger partial charge in [-0.2, -0.15) is 0 Å². The lowest BCUT2D eigenvalue weighted by Crippen LogP contribution is -2.26. The Morgan fingerprint density at radius 3 is 1.37 bits per heavy atom. The van der Waals surface area contributed by atoms with E-state index in [0.29, 0.717) is 0 Å². The highest BCUT2D eigenvalue weighted by Gasteiger charge is 2.52. The zero-order chi connectivity index (χ0) is 47.8. The van der Waals surface area contributed by atoms with Crippen LogP contribution in [0.1, 0.15) is 22.3 Å². The predicted molar refractivity (Wildman–Crippen MR) is 313 cm³/mol. The summed E-state index contributed by atoms with van der Waals surface area (Å²) in [6.45, 7) is 0. The molecule has 1 spiro atoms. The quantitative estimate of drug-likeness (QED) is 0.164. The first kappa shape index (κ1) is 40.9. The van der Waals surface area contributed by atoms with E-state index >= 15 is 0 Å². The van der Waals surface area contributed by atoms with Crippen molar-refractivity contribution in [1.82, 2.24) is 0 Å². The van der Waals surface area contributed by atoms with Gasteiger partial charge in [0.05, 0.1) is 26.2 Å². The van der Waals surface area contributed by atoms with Crippen molar-refractivity contribution in [3.63, 3.8) is 0 Å². The van der Waals surface area contributed by atoms with Crippen molar-refractivity contribution in [3.05, 3.63) is 277 Å². The van der Waals surface area contributed by atoms with Crippen molar-refractivity contribution >= 4 is 119 Å². The van der Waals surface area contributed by atoms with Crippen molar-refractivity contribution in [2.45, 2.75) is 5.41 Å². The van der Waals surface area contributed by atoms with E-state index in [1.807, 2.05) is 22.7 Å². The first-order valence-electron chi connectivity index (χ1n) is 25.1. The molecule has 0 amide bonds. The van der Waals surface area contributed by atoms with E-state index in [9.17, 15) is 0 Å². The molecule has 0 atom stereocenters. The standard InChI is InChI=1S/C69H42N2S2/c1-3-17-46(18-4-1)70(62-29-15-25-56-53-23-9-13-31-64(53)72-67(56)62)48-35-33-43-41-58-55-37-34-44-39-49(71(47-19-5-2-6-20-47)63-30-16-26-57-54-24-10-14-32-65(54)73-68(57)63)36-38-50(44)66(55)69(61(58)42-45(43)40-48)59-27-11-7-21-51(59)52-22-8-12-28-60(52)69/h1-42H. The summed E-state index contributed by atoms with van der Waals surface area (Å²) in [5.74, 6) is 0. The Morgan fingerprint density at radius 2 is 0.767 bits per heavy atom. The van der Waals surface area contributed by atoms with Gasteiger partial charge in [-0.15, -0.1) is 22.7 Å². The molecule has 2 aliphatic rings. The normalized spacial score (nSPS) is 13.0. The summed E-state index contributed by atoms with van der Waals surface area (Å²) in [5, 5.41) is 10.1. The van der Waals surface area contributed by atoms with Crippen molar-refractivity contribution in [2.24, 2.45) is 0 Å². The van der Waals surface area contributed by atoms with Gasteiger partial charge in [0.2, 0.25) is 0 Å². The Kier molecular flexibility index (Phi) is 8.74. The van der Waals surface area contributed by atoms with Gasteiger partial charge < -0.3 is 9.80 Å². The van der Waals surface area contributed by atoms with Crippen molar-refractivity contribution in [3.8, 4) is 22.3 Å². The lowest BCUT2D eigenvalue weighted by molar-refractivity contribution is 0.802. The Hall–Kier alpha value is -8.80. The monoisotopic (exact) mass is 962 g/mol. The molecule has 0 radical (unpaired) electrons. The summed E-state index contributed by atoms with van der Waals surface area (Å²) in [6, 6.07) is 95.4. The van der Waals surface area contributed by atoms with Gasteiger partial charge in [-0.05, 0) is 151 Å². The maximum Gasteiger partial charge on any atom is 0.0731 e. The minimum Gasteiger partial charge on any atom is -0.309 e. The number of thiophene rings is 2. The molecule has 340 valence electrons. The summed E-state index contributed by atoms with van der Waals surface area (Å²) >= 11 is 3.75. The maximum atomic E-state index is 2.54. The molecule has 2 heterocycles. The Bertz CT molecular complexity index is 4540. The lowest BCUT2D eigenvalue weighted by atomic mass is 9.69. The molecule has 0 fully saturated rings. The summed E-state index contributed by atoms with van der Waals surface area (Å²) in [7, 11) is 0. The van der Waals surface area contributed by atoms with Gasteiger partial charge in [0.1, 0.15) is 0 Å². The average Bonchev–Trinajstić information content (AvgIpc) is 4.19. The average molecular weight is 963 g/mol. The molecule has 0 unspecified atom stereocenters. The molecule has 12 aromatic carbocycles. The Morgan fingerprint density at radius 1 is 0.274 bits per heavy atom. The van der Waals surface area contributed by atoms with Gasteiger partial charge in [-0.1, -0.05) is 170 Å². The van der Waals surface area contributed by atoms with E-state index < -0.39 is 5.41 Å². The minimum atomic E-state index is -0.549. The molecule has 0 N–H and O–H groups in total. The van der Waals surface area contributed by atoms with Gasteiger partial charge in [-0.3, -0.25) is 0 Å². The largest absolute Gasteiger partial charge is 0.309 e. The molecule has 2 aliphatic carbocycles. The lowest BCUT2D eigenvalue weighted by Gasteiger charge is -2.32. The zero-order valence-corrected chi connectivity index (χ0v) is 41.1. The Balaban J connectivity index is 0.923. The van der Waals surface area contributed by atoms with Crippen LogP contribution in [0.2, 0.25) is 0 Å². The number of fused-ring (bicyclic) bond motifs is 19. The molecule has 0 saturated heterocycles. The molecule has 14 aromatic rings. The molecule has 4 heteroatoms. The first-order chi connectivity index (χ1) is 36.2. The number of benzene rings is 12. The first-order valence-corrected chi connectivity index (χ1v) is 26.7. The van der Waals surface area contributed by atoms with Gasteiger partial charge in [0.25, 0.3) is 0 Å². The van der Waals surface area contributed by atoms with Crippen LogP contribution in [0.3, 0.4) is 0 Å².